The molecule has 1 fully saturated rings. The van der Waals surface area contributed by atoms with Crippen molar-refractivity contribution >= 4 is 28.9 Å². The molecule has 196 valence electrons. The van der Waals surface area contributed by atoms with E-state index in [0.717, 1.165) is 0 Å². The first-order valence-electron chi connectivity index (χ1n) is 11.7. The van der Waals surface area contributed by atoms with Crippen LogP contribution in [-0.4, -0.2) is 68.5 Å². The Bertz CT molecular complexity index is 1280. The summed E-state index contributed by atoms with van der Waals surface area (Å²) >= 11 is 6.30. The number of ether oxygens (including phenoxy) is 4. The minimum Gasteiger partial charge on any atom is -0.493 e. The molecule has 37 heavy (non-hydrogen) atoms. The number of aromatic amines is 1. The first-order valence-corrected chi connectivity index (χ1v) is 12.0. The summed E-state index contributed by atoms with van der Waals surface area (Å²) in [5.74, 6) is -0.984. The number of benzene rings is 1. The quantitative estimate of drug-likeness (QED) is 0.394. The van der Waals surface area contributed by atoms with Gasteiger partial charge in [0.2, 0.25) is 6.43 Å². The van der Waals surface area contributed by atoms with Crippen molar-refractivity contribution in [2.75, 3.05) is 45.4 Å². The number of nitrogens with zero attached hydrogens (tertiary/aromatic N) is 1. The summed E-state index contributed by atoms with van der Waals surface area (Å²) in [4.78, 5) is 20.2. The van der Waals surface area contributed by atoms with Crippen LogP contribution in [0.3, 0.4) is 0 Å². The van der Waals surface area contributed by atoms with Gasteiger partial charge in [0.15, 0.2) is 5.75 Å². The normalized spacial score (nSPS) is 19.3. The molecule has 2 atom stereocenters. The highest BCUT2D eigenvalue weighted by Gasteiger charge is 2.37. The number of carbonyl (C=O) groups excluding carboxylic acids is 1. The van der Waals surface area contributed by atoms with Gasteiger partial charge in [-0.25, -0.2) is 8.78 Å². The molecule has 0 aliphatic carbocycles. The molecule has 0 radical (unpaired) electrons. The number of hydrogen-bond acceptors (Lipinski definition) is 7. The summed E-state index contributed by atoms with van der Waals surface area (Å²) in [6.45, 7) is 1.39. The third kappa shape index (κ3) is 5.07. The van der Waals surface area contributed by atoms with Crippen molar-refractivity contribution in [2.45, 2.75) is 18.4 Å². The molecule has 0 saturated carbocycles. The summed E-state index contributed by atoms with van der Waals surface area (Å²) in [7, 11) is 1.46. The number of pyridine rings is 1. The average Bonchev–Trinajstić information content (AvgIpc) is 3.28. The number of alkyl halides is 2. The number of halogens is 3. The number of hydrogen-bond donors (Lipinski definition) is 3. The second kappa shape index (κ2) is 10.9. The van der Waals surface area contributed by atoms with E-state index < -0.39 is 18.3 Å². The monoisotopic (exact) mass is 534 g/mol. The molecular formula is C25H25ClF2N4O5. The molecule has 4 heterocycles. The SMILES string of the molecule is COc1c(Cl)cccc1Nc1c(-c2ccncc2OC[C@H]2COCCO2)[nH]c2c1C(=O)NC[C@H]2C(F)F. The standard InChI is InChI=1S/C25H25ClF2N4O5/c1-34-23-16(26)3-2-4-17(23)31-22-19-20(15(24(27)28)9-30-25(19)33)32-21(22)14-5-6-29-10-18(14)37-12-13-11-35-7-8-36-13/h2-6,10,13,15,24,31-32H,7-9,11-12H2,1H3,(H,30,33)/t13-,15-/m1/s1. The molecule has 2 aliphatic heterocycles. The van der Waals surface area contributed by atoms with Gasteiger partial charge in [0.1, 0.15) is 18.5 Å². The van der Waals surface area contributed by atoms with Crippen molar-refractivity contribution < 1.29 is 32.5 Å². The molecule has 12 heteroatoms. The van der Waals surface area contributed by atoms with Crippen LogP contribution in [0, 0.1) is 0 Å². The summed E-state index contributed by atoms with van der Waals surface area (Å²) in [6.07, 6.45) is 0.112. The van der Waals surface area contributed by atoms with Gasteiger partial charge < -0.3 is 34.6 Å². The van der Waals surface area contributed by atoms with Crippen molar-refractivity contribution in [1.29, 1.82) is 0 Å². The summed E-state index contributed by atoms with van der Waals surface area (Å²) in [5, 5.41) is 6.11. The number of aromatic nitrogens is 2. The van der Waals surface area contributed by atoms with Gasteiger partial charge in [-0.15, -0.1) is 0 Å². The maximum Gasteiger partial charge on any atom is 0.255 e. The van der Waals surface area contributed by atoms with Gasteiger partial charge in [-0.2, -0.15) is 0 Å². The number of nitrogens with one attached hydrogen (secondary N) is 3. The predicted octanol–water partition coefficient (Wildman–Crippen LogP) is 4.37. The molecule has 2 aromatic heterocycles. The number of fused-ring (bicyclic) bond motifs is 1. The zero-order chi connectivity index (χ0) is 25.9. The van der Waals surface area contributed by atoms with Crippen LogP contribution >= 0.6 is 11.6 Å². The first kappa shape index (κ1) is 25.2. The first-order chi connectivity index (χ1) is 18.0. The highest BCUT2D eigenvalue weighted by molar-refractivity contribution is 6.32. The Labute approximate surface area is 216 Å². The fourth-order valence-electron chi connectivity index (χ4n) is 4.43. The van der Waals surface area contributed by atoms with Gasteiger partial charge in [0.25, 0.3) is 5.91 Å². The fraction of sp³-hybridized carbons (Fsp3) is 0.360. The van der Waals surface area contributed by atoms with E-state index in [1.165, 1.54) is 13.3 Å². The largest absolute Gasteiger partial charge is 0.493 e. The fourth-order valence-corrected chi connectivity index (χ4v) is 4.69. The Kier molecular flexibility index (Phi) is 7.45. The van der Waals surface area contributed by atoms with Crippen molar-refractivity contribution in [1.82, 2.24) is 15.3 Å². The van der Waals surface area contributed by atoms with Crippen LogP contribution in [0.25, 0.3) is 11.3 Å². The van der Waals surface area contributed by atoms with E-state index in [2.05, 4.69) is 20.6 Å². The molecular weight excluding hydrogens is 510 g/mol. The maximum absolute atomic E-state index is 14.0. The molecule has 0 spiro atoms. The van der Waals surface area contributed by atoms with Crippen LogP contribution in [0.1, 0.15) is 22.0 Å². The van der Waals surface area contributed by atoms with Crippen molar-refractivity contribution in [3.8, 4) is 22.8 Å². The van der Waals surface area contributed by atoms with Gasteiger partial charge in [-0.1, -0.05) is 17.7 Å². The van der Waals surface area contributed by atoms with E-state index in [0.29, 0.717) is 53.3 Å². The molecule has 2 aliphatic rings. The zero-order valence-electron chi connectivity index (χ0n) is 19.9. The van der Waals surface area contributed by atoms with Crippen LogP contribution in [0.15, 0.2) is 36.7 Å². The molecule has 0 bridgehead atoms. The summed E-state index contributed by atoms with van der Waals surface area (Å²) < 4.78 is 50.5. The lowest BCUT2D eigenvalue weighted by Crippen LogP contribution is -2.37. The molecule has 9 nitrogen and oxygen atoms in total. The van der Waals surface area contributed by atoms with Gasteiger partial charge in [-0.3, -0.25) is 9.78 Å². The number of para-hydroxylation sites is 1. The van der Waals surface area contributed by atoms with Crippen LogP contribution < -0.4 is 20.1 Å². The second-order valence-corrected chi connectivity index (χ2v) is 8.92. The van der Waals surface area contributed by atoms with Crippen LogP contribution in [-0.2, 0) is 9.47 Å². The molecule has 3 N–H and O–H groups in total. The molecule has 1 aromatic carbocycles. The molecule has 3 aromatic rings. The maximum atomic E-state index is 14.0. The lowest BCUT2D eigenvalue weighted by molar-refractivity contribution is -0.101. The number of carbonyl (C=O) groups is 1. The summed E-state index contributed by atoms with van der Waals surface area (Å²) in [5.41, 5.74) is 1.85. The van der Waals surface area contributed by atoms with E-state index in [4.69, 9.17) is 30.5 Å². The third-order valence-electron chi connectivity index (χ3n) is 6.21. The molecule has 1 saturated heterocycles. The Morgan fingerprint density at radius 1 is 1.30 bits per heavy atom. The Balaban J connectivity index is 1.61. The number of amides is 1. The number of methoxy groups -OCH3 is 1. The van der Waals surface area contributed by atoms with E-state index in [-0.39, 0.29) is 36.2 Å². The lowest BCUT2D eigenvalue weighted by Gasteiger charge is -2.23. The van der Waals surface area contributed by atoms with Gasteiger partial charge in [0.05, 0.1) is 66.7 Å². The second-order valence-electron chi connectivity index (χ2n) is 8.51. The topological polar surface area (TPSA) is 107 Å². The highest BCUT2D eigenvalue weighted by atomic mass is 35.5. The zero-order valence-corrected chi connectivity index (χ0v) is 20.6. The van der Waals surface area contributed by atoms with Crippen LogP contribution in [0.5, 0.6) is 11.5 Å². The van der Waals surface area contributed by atoms with E-state index >= 15 is 0 Å². The molecule has 1 amide bonds. The minimum absolute atomic E-state index is 0.0837. The van der Waals surface area contributed by atoms with Gasteiger partial charge >= 0.3 is 0 Å². The van der Waals surface area contributed by atoms with Crippen molar-refractivity contribution in [2.24, 2.45) is 0 Å². The van der Waals surface area contributed by atoms with Crippen LogP contribution in [0.2, 0.25) is 5.02 Å². The Morgan fingerprint density at radius 3 is 2.92 bits per heavy atom. The van der Waals surface area contributed by atoms with E-state index in [1.807, 2.05) is 0 Å². The number of rotatable bonds is 8. The molecule has 0 unspecified atom stereocenters. The van der Waals surface area contributed by atoms with E-state index in [9.17, 15) is 13.6 Å². The highest BCUT2D eigenvalue weighted by Crippen LogP contribution is 2.45. The van der Waals surface area contributed by atoms with Crippen molar-refractivity contribution in [3.63, 3.8) is 0 Å². The van der Waals surface area contributed by atoms with Crippen molar-refractivity contribution in [3.05, 3.63) is 52.9 Å². The van der Waals surface area contributed by atoms with Gasteiger partial charge in [0, 0.05) is 24.0 Å². The minimum atomic E-state index is -2.70. The average molecular weight is 535 g/mol. The Morgan fingerprint density at radius 2 is 2.16 bits per heavy atom. The third-order valence-corrected chi connectivity index (χ3v) is 6.51. The predicted molar refractivity (Wildman–Crippen MR) is 132 cm³/mol. The van der Waals surface area contributed by atoms with E-state index in [1.54, 1.807) is 30.5 Å². The lowest BCUT2D eigenvalue weighted by atomic mass is 9.96. The Hall–Kier alpha value is -3.41. The van der Waals surface area contributed by atoms with Gasteiger partial charge in [-0.05, 0) is 18.2 Å². The molecule has 5 rings (SSSR count). The summed E-state index contributed by atoms with van der Waals surface area (Å²) in [6, 6.07) is 6.76. The number of H-pyrrole nitrogens is 1. The number of anilines is 2. The smallest absolute Gasteiger partial charge is 0.255 e. The van der Waals surface area contributed by atoms with Crippen LogP contribution in [0.4, 0.5) is 20.2 Å².